The fourth-order valence-corrected chi connectivity index (χ4v) is 3.42. The molecule has 0 spiro atoms. The van der Waals surface area contributed by atoms with E-state index in [4.69, 9.17) is 17.3 Å². The molecular weight excluding hydrogens is 390 g/mol. The van der Waals surface area contributed by atoms with Crippen LogP contribution in [0.5, 0.6) is 0 Å². The van der Waals surface area contributed by atoms with Gasteiger partial charge in [0.15, 0.2) is 16.8 Å². The number of hydrogen-bond donors (Lipinski definition) is 2. The van der Waals surface area contributed by atoms with Crippen LogP contribution >= 0.6 is 11.6 Å². The molecule has 0 radical (unpaired) electrons. The lowest BCUT2D eigenvalue weighted by molar-refractivity contribution is -0.119. The first-order valence-corrected chi connectivity index (χ1v) is 9.55. The van der Waals surface area contributed by atoms with Crippen LogP contribution in [0.2, 0.25) is 5.15 Å². The lowest BCUT2D eigenvalue weighted by Gasteiger charge is -2.15. The summed E-state index contributed by atoms with van der Waals surface area (Å²) in [4.78, 5) is 33.9. The minimum absolute atomic E-state index is 0.0928. The van der Waals surface area contributed by atoms with Crippen molar-refractivity contribution in [1.29, 1.82) is 0 Å². The van der Waals surface area contributed by atoms with Crippen molar-refractivity contribution in [3.63, 3.8) is 0 Å². The second-order valence-corrected chi connectivity index (χ2v) is 6.98. The van der Waals surface area contributed by atoms with E-state index in [-0.39, 0.29) is 29.7 Å². The molecule has 2 heterocycles. The number of rotatable bonds is 7. The summed E-state index contributed by atoms with van der Waals surface area (Å²) < 4.78 is 1.38. The standard InChI is InChI=1S/C21H22ClN5O2/c1-13-14(9-11-17(23)25-13)8-10-16(28)12-27-18(15-6-4-3-5-7-15)19(22)26-20(24-2)21(27)29/h3-7,9,11H,8,10,12H2,1-2H3,(H2,23,25)(H,24,26). The number of nitrogen functional groups attached to an aromatic ring is 1. The van der Waals surface area contributed by atoms with Gasteiger partial charge in [-0.3, -0.25) is 14.2 Å². The van der Waals surface area contributed by atoms with E-state index >= 15 is 0 Å². The molecule has 0 amide bonds. The van der Waals surface area contributed by atoms with Crippen LogP contribution in [-0.4, -0.2) is 27.4 Å². The largest absolute Gasteiger partial charge is 0.384 e. The lowest BCUT2D eigenvalue weighted by atomic mass is 10.1. The average Bonchev–Trinajstić information content (AvgIpc) is 2.70. The topological polar surface area (TPSA) is 103 Å². The molecule has 0 fully saturated rings. The number of hydrogen-bond acceptors (Lipinski definition) is 6. The molecule has 2 aromatic heterocycles. The molecule has 7 nitrogen and oxygen atoms in total. The van der Waals surface area contributed by atoms with Crippen LogP contribution in [0.15, 0.2) is 47.3 Å². The van der Waals surface area contributed by atoms with Crippen LogP contribution in [0.25, 0.3) is 11.3 Å². The summed E-state index contributed by atoms with van der Waals surface area (Å²) in [5.74, 6) is 0.452. The van der Waals surface area contributed by atoms with Crippen LogP contribution in [0, 0.1) is 6.92 Å². The van der Waals surface area contributed by atoms with E-state index in [2.05, 4.69) is 15.3 Å². The van der Waals surface area contributed by atoms with Crippen molar-refractivity contribution in [3.8, 4) is 11.3 Å². The van der Waals surface area contributed by atoms with E-state index < -0.39 is 5.56 Å². The number of anilines is 2. The Balaban J connectivity index is 1.90. The zero-order valence-electron chi connectivity index (χ0n) is 16.3. The average molecular weight is 412 g/mol. The third kappa shape index (κ3) is 4.63. The van der Waals surface area contributed by atoms with Crippen molar-refractivity contribution in [2.75, 3.05) is 18.1 Å². The monoisotopic (exact) mass is 411 g/mol. The second kappa shape index (κ2) is 8.87. The number of benzene rings is 1. The maximum absolute atomic E-state index is 12.9. The van der Waals surface area contributed by atoms with E-state index in [1.807, 2.05) is 43.3 Å². The molecule has 0 atom stereocenters. The van der Waals surface area contributed by atoms with Crippen molar-refractivity contribution in [1.82, 2.24) is 14.5 Å². The summed E-state index contributed by atoms with van der Waals surface area (Å²) in [5, 5.41) is 2.90. The predicted molar refractivity (Wildman–Crippen MR) is 115 cm³/mol. The van der Waals surface area contributed by atoms with E-state index in [0.29, 0.717) is 17.9 Å². The van der Waals surface area contributed by atoms with Gasteiger partial charge < -0.3 is 11.1 Å². The highest BCUT2D eigenvalue weighted by molar-refractivity contribution is 6.32. The van der Waals surface area contributed by atoms with Crippen LogP contribution in [0.4, 0.5) is 11.6 Å². The number of nitrogens with two attached hydrogens (primary N) is 1. The molecule has 3 N–H and O–H groups in total. The van der Waals surface area contributed by atoms with Crippen LogP contribution < -0.4 is 16.6 Å². The molecule has 0 saturated heterocycles. The minimum atomic E-state index is -0.394. The first kappa shape index (κ1) is 20.5. The van der Waals surface area contributed by atoms with Gasteiger partial charge >= 0.3 is 0 Å². The number of ketones is 1. The maximum Gasteiger partial charge on any atom is 0.294 e. The van der Waals surface area contributed by atoms with Crippen molar-refractivity contribution in [2.45, 2.75) is 26.3 Å². The van der Waals surface area contributed by atoms with Gasteiger partial charge in [0.2, 0.25) is 0 Å². The Morgan fingerprint density at radius 2 is 1.90 bits per heavy atom. The number of aromatic nitrogens is 3. The Kier molecular flexibility index (Phi) is 6.29. The fourth-order valence-electron chi connectivity index (χ4n) is 3.13. The highest BCUT2D eigenvalue weighted by Crippen LogP contribution is 2.26. The normalized spacial score (nSPS) is 10.7. The summed E-state index contributed by atoms with van der Waals surface area (Å²) in [6, 6.07) is 12.8. The first-order chi connectivity index (χ1) is 13.9. The molecule has 3 rings (SSSR count). The van der Waals surface area contributed by atoms with Gasteiger partial charge in [-0.15, -0.1) is 0 Å². The van der Waals surface area contributed by atoms with Gasteiger partial charge in [-0.25, -0.2) is 9.97 Å². The molecule has 0 aliphatic heterocycles. The molecule has 0 bridgehead atoms. The second-order valence-electron chi connectivity index (χ2n) is 6.63. The van der Waals surface area contributed by atoms with Gasteiger partial charge in [-0.05, 0) is 25.0 Å². The molecule has 0 unspecified atom stereocenters. The quantitative estimate of drug-likeness (QED) is 0.619. The fraction of sp³-hybridized carbons (Fsp3) is 0.238. The van der Waals surface area contributed by atoms with Gasteiger partial charge in [0.25, 0.3) is 5.56 Å². The SMILES string of the molecule is CNc1nc(Cl)c(-c2ccccc2)n(CC(=O)CCc2ccc(N)nc2C)c1=O. The molecule has 8 heteroatoms. The third-order valence-corrected chi connectivity index (χ3v) is 4.90. The molecular formula is C21H22ClN5O2. The number of carbonyl (C=O) groups is 1. The zero-order chi connectivity index (χ0) is 21.0. The Morgan fingerprint density at radius 3 is 2.55 bits per heavy atom. The smallest absolute Gasteiger partial charge is 0.294 e. The Bertz CT molecular complexity index is 1100. The summed E-state index contributed by atoms with van der Waals surface area (Å²) >= 11 is 6.37. The maximum atomic E-state index is 12.9. The van der Waals surface area contributed by atoms with Crippen molar-refractivity contribution in [2.24, 2.45) is 0 Å². The van der Waals surface area contributed by atoms with Crippen molar-refractivity contribution >= 4 is 29.0 Å². The van der Waals surface area contributed by atoms with E-state index in [9.17, 15) is 9.59 Å². The van der Waals surface area contributed by atoms with Gasteiger partial charge in [0.1, 0.15) is 5.82 Å². The zero-order valence-corrected chi connectivity index (χ0v) is 17.0. The summed E-state index contributed by atoms with van der Waals surface area (Å²) in [5.41, 5.74) is 8.17. The molecule has 0 aliphatic carbocycles. The van der Waals surface area contributed by atoms with Gasteiger partial charge in [-0.2, -0.15) is 0 Å². The number of aryl methyl sites for hydroxylation is 2. The molecule has 0 aliphatic rings. The Hall–Kier alpha value is -3.19. The minimum Gasteiger partial charge on any atom is -0.384 e. The van der Waals surface area contributed by atoms with Crippen molar-refractivity contribution in [3.05, 3.63) is 69.2 Å². The summed E-state index contributed by atoms with van der Waals surface area (Å²) in [6.07, 6.45) is 0.785. The molecule has 0 saturated carbocycles. The number of halogens is 1. The number of pyridine rings is 1. The molecule has 29 heavy (non-hydrogen) atoms. The van der Waals surface area contributed by atoms with E-state index in [1.54, 1.807) is 13.1 Å². The lowest BCUT2D eigenvalue weighted by Crippen LogP contribution is -2.29. The highest BCUT2D eigenvalue weighted by atomic mass is 35.5. The number of nitrogens with one attached hydrogen (secondary N) is 1. The van der Waals surface area contributed by atoms with Crippen LogP contribution in [0.1, 0.15) is 17.7 Å². The molecule has 1 aromatic carbocycles. The van der Waals surface area contributed by atoms with E-state index in [0.717, 1.165) is 16.8 Å². The molecule has 150 valence electrons. The van der Waals surface area contributed by atoms with E-state index in [1.165, 1.54) is 4.57 Å². The van der Waals surface area contributed by atoms with Crippen LogP contribution in [-0.2, 0) is 17.8 Å². The predicted octanol–water partition coefficient (Wildman–Crippen LogP) is 3.09. The first-order valence-electron chi connectivity index (χ1n) is 9.18. The third-order valence-electron chi connectivity index (χ3n) is 4.63. The Morgan fingerprint density at radius 1 is 1.17 bits per heavy atom. The number of Topliss-reactive ketones (excluding diaryl/α,β-unsaturated/α-hetero) is 1. The van der Waals surface area contributed by atoms with Gasteiger partial charge in [-0.1, -0.05) is 48.0 Å². The van der Waals surface area contributed by atoms with Gasteiger partial charge in [0.05, 0.1) is 12.2 Å². The summed E-state index contributed by atoms with van der Waals surface area (Å²) in [6.45, 7) is 1.76. The highest BCUT2D eigenvalue weighted by Gasteiger charge is 2.18. The summed E-state index contributed by atoms with van der Waals surface area (Å²) in [7, 11) is 1.59. The van der Waals surface area contributed by atoms with Crippen LogP contribution in [0.3, 0.4) is 0 Å². The number of nitrogens with zero attached hydrogens (tertiary/aromatic N) is 3. The number of carbonyl (C=O) groups excluding carboxylic acids is 1. The Labute approximate surface area is 173 Å². The van der Waals surface area contributed by atoms with Crippen molar-refractivity contribution < 1.29 is 4.79 Å². The molecule has 3 aromatic rings. The van der Waals surface area contributed by atoms with Gasteiger partial charge in [0, 0.05) is 24.7 Å².